The first-order chi connectivity index (χ1) is 5.56. The third kappa shape index (κ3) is 6.32. The maximum Gasteiger partial charge on any atom is 0.0869 e. The molecular weight excluding hydrogens is 195 g/mol. The van der Waals surface area contributed by atoms with Crippen LogP contribution in [-0.4, -0.2) is 10.5 Å². The Morgan fingerprint density at radius 3 is 2.50 bits per heavy atom. The van der Waals surface area contributed by atoms with E-state index in [-0.39, 0.29) is 11.1 Å². The highest BCUT2D eigenvalue weighted by Gasteiger charge is 1.94. The van der Waals surface area contributed by atoms with E-state index in [0.29, 0.717) is 5.03 Å². The highest BCUT2D eigenvalue weighted by atomic mass is 35.5. The molecule has 0 bridgehead atoms. The van der Waals surface area contributed by atoms with Crippen LogP contribution in [-0.2, 0) is 0 Å². The van der Waals surface area contributed by atoms with Crippen LogP contribution in [0.4, 0.5) is 0 Å². The molecular formula is C9H12Cl2O. The second-order valence-corrected chi connectivity index (χ2v) is 3.23. The summed E-state index contributed by atoms with van der Waals surface area (Å²) in [7, 11) is 0. The van der Waals surface area contributed by atoms with Crippen LogP contribution in [0.2, 0.25) is 0 Å². The normalized spacial score (nSPS) is 17.0. The highest BCUT2D eigenvalue weighted by Crippen LogP contribution is 2.07. The lowest BCUT2D eigenvalue weighted by Crippen LogP contribution is -1.88. The van der Waals surface area contributed by atoms with Gasteiger partial charge >= 0.3 is 0 Å². The quantitative estimate of drug-likeness (QED) is 0.424. The summed E-state index contributed by atoms with van der Waals surface area (Å²) < 4.78 is 0. The van der Waals surface area contributed by atoms with Crippen LogP contribution < -0.4 is 0 Å². The molecule has 0 aliphatic heterocycles. The van der Waals surface area contributed by atoms with Crippen LogP contribution in [0.25, 0.3) is 0 Å². The Morgan fingerprint density at radius 2 is 2.08 bits per heavy atom. The molecule has 3 heteroatoms. The molecule has 1 N–H and O–H groups in total. The summed E-state index contributed by atoms with van der Waals surface area (Å²) in [5.41, 5.74) is 0. The molecule has 0 spiro atoms. The van der Waals surface area contributed by atoms with Crippen molar-refractivity contribution in [2.45, 2.75) is 19.2 Å². The molecule has 1 atom stereocenters. The van der Waals surface area contributed by atoms with Gasteiger partial charge in [-0.2, -0.15) is 0 Å². The van der Waals surface area contributed by atoms with Gasteiger partial charge in [0.15, 0.2) is 0 Å². The van der Waals surface area contributed by atoms with E-state index in [4.69, 9.17) is 28.3 Å². The first-order valence-electron chi connectivity index (χ1n) is 3.57. The lowest BCUT2D eigenvalue weighted by molar-refractivity contribution is 0.412. The molecule has 0 radical (unpaired) electrons. The van der Waals surface area contributed by atoms with Crippen molar-refractivity contribution in [1.29, 1.82) is 0 Å². The summed E-state index contributed by atoms with van der Waals surface area (Å²) in [5.74, 6) is 0.205. The number of hydrogen-bond donors (Lipinski definition) is 1. The summed E-state index contributed by atoms with van der Waals surface area (Å²) in [6.07, 6.45) is 6.68. The Morgan fingerprint density at radius 1 is 1.50 bits per heavy atom. The smallest absolute Gasteiger partial charge is 0.0869 e. The van der Waals surface area contributed by atoms with E-state index in [1.54, 1.807) is 25.2 Å². The van der Waals surface area contributed by atoms with Gasteiger partial charge in [0.05, 0.1) is 11.1 Å². The number of hydrogen-bond acceptors (Lipinski definition) is 1. The summed E-state index contributed by atoms with van der Waals surface area (Å²) in [5, 5.41) is 9.15. The van der Waals surface area contributed by atoms with Crippen molar-refractivity contribution in [2.75, 3.05) is 0 Å². The van der Waals surface area contributed by atoms with Gasteiger partial charge in [-0.25, -0.2) is 0 Å². The van der Waals surface area contributed by atoms with Crippen molar-refractivity contribution in [3.8, 4) is 0 Å². The Kier molecular flexibility index (Phi) is 5.95. The van der Waals surface area contributed by atoms with Gasteiger partial charge in [-0.15, -0.1) is 11.6 Å². The van der Waals surface area contributed by atoms with Gasteiger partial charge in [-0.1, -0.05) is 23.8 Å². The summed E-state index contributed by atoms with van der Waals surface area (Å²) in [6, 6.07) is 0. The number of allylic oxidation sites excluding steroid dienone is 6. The molecule has 0 rings (SSSR count). The molecule has 1 unspecified atom stereocenters. The Balaban J connectivity index is 4.09. The summed E-state index contributed by atoms with van der Waals surface area (Å²) in [6.45, 7) is 3.41. The predicted molar refractivity (Wildman–Crippen MR) is 54.8 cm³/mol. The fraction of sp³-hybridized carbons (Fsp3) is 0.333. The molecule has 0 amide bonds. The SMILES string of the molecule is C/C=C(Cl)\C=C/C(Cl)C=C(C)O. The minimum atomic E-state index is -0.316. The molecule has 0 saturated carbocycles. The summed E-state index contributed by atoms with van der Waals surface area (Å²) in [4.78, 5) is 0. The van der Waals surface area contributed by atoms with Gasteiger partial charge in [0.2, 0.25) is 0 Å². The van der Waals surface area contributed by atoms with Crippen molar-refractivity contribution < 1.29 is 5.11 Å². The van der Waals surface area contributed by atoms with E-state index in [0.717, 1.165) is 0 Å². The van der Waals surface area contributed by atoms with Gasteiger partial charge in [0.25, 0.3) is 0 Å². The molecule has 0 aromatic carbocycles. The molecule has 12 heavy (non-hydrogen) atoms. The molecule has 0 heterocycles. The molecule has 1 nitrogen and oxygen atoms in total. The number of alkyl halides is 1. The molecule has 0 aromatic heterocycles. The molecule has 68 valence electrons. The van der Waals surface area contributed by atoms with E-state index in [1.807, 2.05) is 6.92 Å². The second kappa shape index (κ2) is 6.15. The van der Waals surface area contributed by atoms with E-state index >= 15 is 0 Å². The zero-order valence-electron chi connectivity index (χ0n) is 7.09. The molecule has 0 saturated heterocycles. The second-order valence-electron chi connectivity index (χ2n) is 2.29. The minimum absolute atomic E-state index is 0.205. The Hall–Kier alpha value is -0.400. The number of aliphatic hydroxyl groups excluding tert-OH is 1. The maximum atomic E-state index is 8.84. The van der Waals surface area contributed by atoms with Crippen molar-refractivity contribution in [1.82, 2.24) is 0 Å². The summed E-state index contributed by atoms with van der Waals surface area (Å²) >= 11 is 11.4. The molecule has 0 aliphatic carbocycles. The predicted octanol–water partition coefficient (Wildman–Crippen LogP) is 3.75. The van der Waals surface area contributed by atoms with Crippen LogP contribution in [0.3, 0.4) is 0 Å². The fourth-order valence-corrected chi connectivity index (χ4v) is 0.894. The van der Waals surface area contributed by atoms with Gasteiger partial charge < -0.3 is 5.11 Å². The number of rotatable bonds is 3. The third-order valence-corrected chi connectivity index (χ3v) is 1.73. The average Bonchev–Trinajstić information content (AvgIpc) is 1.99. The van der Waals surface area contributed by atoms with E-state index in [1.165, 1.54) is 6.08 Å². The van der Waals surface area contributed by atoms with Gasteiger partial charge in [0, 0.05) is 5.03 Å². The maximum absolute atomic E-state index is 8.84. The lowest BCUT2D eigenvalue weighted by atomic mass is 10.3. The van der Waals surface area contributed by atoms with Gasteiger partial charge in [-0.05, 0) is 26.0 Å². The third-order valence-electron chi connectivity index (χ3n) is 1.12. The van der Waals surface area contributed by atoms with Crippen LogP contribution in [0.5, 0.6) is 0 Å². The van der Waals surface area contributed by atoms with Gasteiger partial charge in [0.1, 0.15) is 0 Å². The van der Waals surface area contributed by atoms with Crippen molar-refractivity contribution in [3.63, 3.8) is 0 Å². The standard InChI is InChI=1S/C9H12Cl2O/c1-3-8(10)4-5-9(11)6-7(2)12/h3-6,9,12H,1-2H3/b5-4-,7-6?,8-3+. The van der Waals surface area contributed by atoms with Crippen molar-refractivity contribution in [3.05, 3.63) is 35.1 Å². The van der Waals surface area contributed by atoms with Crippen LogP contribution in [0.1, 0.15) is 13.8 Å². The topological polar surface area (TPSA) is 20.2 Å². The zero-order chi connectivity index (χ0) is 9.56. The average molecular weight is 207 g/mol. The fourth-order valence-electron chi connectivity index (χ4n) is 0.566. The van der Waals surface area contributed by atoms with Crippen molar-refractivity contribution >= 4 is 23.2 Å². The van der Waals surface area contributed by atoms with E-state index < -0.39 is 0 Å². The Labute approximate surface area is 83.0 Å². The monoisotopic (exact) mass is 206 g/mol. The zero-order valence-corrected chi connectivity index (χ0v) is 8.60. The number of halogens is 2. The van der Waals surface area contributed by atoms with Crippen molar-refractivity contribution in [2.24, 2.45) is 0 Å². The first kappa shape index (κ1) is 11.6. The highest BCUT2D eigenvalue weighted by molar-refractivity contribution is 6.31. The first-order valence-corrected chi connectivity index (χ1v) is 4.39. The Bertz CT molecular complexity index is 213. The molecule has 0 aromatic rings. The number of aliphatic hydroxyl groups is 1. The molecule has 0 fully saturated rings. The van der Waals surface area contributed by atoms with Crippen LogP contribution in [0.15, 0.2) is 35.1 Å². The lowest BCUT2D eigenvalue weighted by Gasteiger charge is -1.95. The molecule has 0 aliphatic rings. The minimum Gasteiger partial charge on any atom is -0.513 e. The largest absolute Gasteiger partial charge is 0.513 e. The van der Waals surface area contributed by atoms with Gasteiger partial charge in [-0.3, -0.25) is 0 Å². The van der Waals surface area contributed by atoms with Crippen LogP contribution in [0, 0.1) is 0 Å². The van der Waals surface area contributed by atoms with Crippen LogP contribution >= 0.6 is 23.2 Å². The van der Waals surface area contributed by atoms with E-state index in [2.05, 4.69) is 0 Å². The van der Waals surface area contributed by atoms with E-state index in [9.17, 15) is 0 Å².